The number of hydrogen-bond donors (Lipinski definition) is 0. The normalized spacial score (nSPS) is 22.2. The Balaban J connectivity index is 0.000000561. The second-order valence-electron chi connectivity index (χ2n) is 2.49. The molecular formula is C9H19NOS. The zero-order valence-electron chi connectivity index (χ0n) is 8.46. The van der Waals surface area contributed by atoms with Crippen molar-refractivity contribution in [3.05, 3.63) is 0 Å². The van der Waals surface area contributed by atoms with E-state index in [4.69, 9.17) is 0 Å². The lowest BCUT2D eigenvalue weighted by Crippen LogP contribution is -2.24. The zero-order chi connectivity index (χ0) is 9.56. The molecule has 12 heavy (non-hydrogen) atoms. The summed E-state index contributed by atoms with van der Waals surface area (Å²) in [5.74, 6) is 0.321. The van der Waals surface area contributed by atoms with Gasteiger partial charge in [0.15, 0.2) is 0 Å². The lowest BCUT2D eigenvalue weighted by Gasteiger charge is -2.11. The number of thioether (sulfide) groups is 1. The average Bonchev–Trinajstić information content (AvgIpc) is 2.49. The summed E-state index contributed by atoms with van der Waals surface area (Å²) in [6, 6.07) is 0. The largest absolute Gasteiger partial charge is 0.342 e. The molecule has 0 aromatic heterocycles. The maximum absolute atomic E-state index is 11.1. The first kappa shape index (κ1) is 11.8. The topological polar surface area (TPSA) is 20.3 Å². The van der Waals surface area contributed by atoms with Crippen LogP contribution in [0, 0.1) is 0 Å². The van der Waals surface area contributed by atoms with Gasteiger partial charge in [-0.3, -0.25) is 4.79 Å². The van der Waals surface area contributed by atoms with E-state index in [0.717, 1.165) is 19.5 Å². The third-order valence-electron chi connectivity index (χ3n) is 1.89. The van der Waals surface area contributed by atoms with Gasteiger partial charge in [-0.05, 0) is 13.2 Å². The summed E-state index contributed by atoms with van der Waals surface area (Å²) in [6.45, 7) is 7.85. The first-order chi connectivity index (χ1) is 5.77. The van der Waals surface area contributed by atoms with Crippen molar-refractivity contribution in [1.29, 1.82) is 0 Å². The van der Waals surface area contributed by atoms with E-state index in [9.17, 15) is 4.79 Å². The Hall–Kier alpha value is -0.180. The van der Waals surface area contributed by atoms with Crippen molar-refractivity contribution in [1.82, 2.24) is 4.90 Å². The van der Waals surface area contributed by atoms with Crippen LogP contribution >= 0.6 is 11.8 Å². The molecule has 1 aliphatic heterocycles. The molecule has 1 heterocycles. The van der Waals surface area contributed by atoms with E-state index in [1.54, 1.807) is 11.8 Å². The molecule has 2 nitrogen and oxygen atoms in total. The molecule has 0 saturated carbocycles. The number of carbonyl (C=O) groups is 1. The van der Waals surface area contributed by atoms with Gasteiger partial charge in [-0.15, -0.1) is 0 Å². The Morgan fingerprint density at radius 1 is 1.58 bits per heavy atom. The van der Waals surface area contributed by atoms with Crippen LogP contribution in [0.4, 0.5) is 0 Å². The smallest absolute Gasteiger partial charge is 0.223 e. The van der Waals surface area contributed by atoms with Gasteiger partial charge in [0.1, 0.15) is 0 Å². The van der Waals surface area contributed by atoms with E-state index in [1.807, 2.05) is 25.7 Å². The molecule has 1 fully saturated rings. The second kappa shape index (κ2) is 6.35. The summed E-state index contributed by atoms with van der Waals surface area (Å²) in [5.41, 5.74) is 0. The van der Waals surface area contributed by atoms with Crippen molar-refractivity contribution < 1.29 is 4.79 Å². The van der Waals surface area contributed by atoms with Gasteiger partial charge in [0.05, 0.1) is 0 Å². The minimum Gasteiger partial charge on any atom is -0.342 e. The molecule has 1 unspecified atom stereocenters. The van der Waals surface area contributed by atoms with E-state index in [2.05, 4.69) is 6.26 Å². The van der Waals surface area contributed by atoms with Gasteiger partial charge in [-0.1, -0.05) is 13.8 Å². The second-order valence-corrected chi connectivity index (χ2v) is 3.63. The van der Waals surface area contributed by atoms with Gasteiger partial charge in [-0.2, -0.15) is 11.8 Å². The van der Waals surface area contributed by atoms with E-state index < -0.39 is 0 Å². The van der Waals surface area contributed by atoms with Crippen molar-refractivity contribution in [2.75, 3.05) is 19.3 Å². The van der Waals surface area contributed by atoms with Gasteiger partial charge in [0.2, 0.25) is 5.91 Å². The molecule has 0 aromatic carbocycles. The summed E-state index contributed by atoms with van der Waals surface area (Å²) < 4.78 is 0. The number of likely N-dealkylation sites (tertiary alicyclic amines) is 1. The van der Waals surface area contributed by atoms with Gasteiger partial charge >= 0.3 is 0 Å². The van der Waals surface area contributed by atoms with Crippen molar-refractivity contribution in [2.24, 2.45) is 0 Å². The fourth-order valence-corrected chi connectivity index (χ4v) is 1.84. The van der Waals surface area contributed by atoms with Crippen LogP contribution < -0.4 is 0 Å². The number of nitrogens with zero attached hydrogens (tertiary/aromatic N) is 1. The van der Waals surface area contributed by atoms with Crippen molar-refractivity contribution in [3.8, 4) is 0 Å². The maximum Gasteiger partial charge on any atom is 0.223 e. The standard InChI is InChI=1S/C7H13NOS.C2H6/c1-3-8-5-6(10-2)4-7(8)9;1-2/h6H,3-5H2,1-2H3;1-2H3. The number of rotatable bonds is 2. The Bertz CT molecular complexity index is 138. The predicted octanol–water partition coefficient (Wildman–Crippen LogP) is 2.00. The molecule has 0 bridgehead atoms. The zero-order valence-corrected chi connectivity index (χ0v) is 9.28. The number of hydrogen-bond acceptors (Lipinski definition) is 2. The Morgan fingerprint density at radius 2 is 2.17 bits per heavy atom. The monoisotopic (exact) mass is 189 g/mol. The Kier molecular flexibility index (Phi) is 6.25. The predicted molar refractivity (Wildman–Crippen MR) is 55.5 cm³/mol. The molecule has 1 aliphatic rings. The van der Waals surface area contributed by atoms with Gasteiger partial charge in [-0.25, -0.2) is 0 Å². The molecular weight excluding hydrogens is 170 g/mol. The lowest BCUT2D eigenvalue weighted by molar-refractivity contribution is -0.127. The molecule has 0 aliphatic carbocycles. The fraction of sp³-hybridized carbons (Fsp3) is 0.889. The molecule has 1 atom stereocenters. The molecule has 72 valence electrons. The molecule has 0 spiro atoms. The quantitative estimate of drug-likeness (QED) is 0.662. The molecule has 0 radical (unpaired) electrons. The third kappa shape index (κ3) is 3.05. The summed E-state index contributed by atoms with van der Waals surface area (Å²) in [7, 11) is 0. The molecule has 1 saturated heterocycles. The van der Waals surface area contributed by atoms with Gasteiger partial charge in [0, 0.05) is 24.8 Å². The van der Waals surface area contributed by atoms with Crippen molar-refractivity contribution in [2.45, 2.75) is 32.4 Å². The summed E-state index contributed by atoms with van der Waals surface area (Å²) in [4.78, 5) is 13.0. The average molecular weight is 189 g/mol. The van der Waals surface area contributed by atoms with Crippen molar-refractivity contribution in [3.63, 3.8) is 0 Å². The van der Waals surface area contributed by atoms with E-state index in [1.165, 1.54) is 0 Å². The fourth-order valence-electron chi connectivity index (χ4n) is 1.20. The van der Waals surface area contributed by atoms with E-state index in [0.29, 0.717) is 11.2 Å². The molecule has 1 amide bonds. The lowest BCUT2D eigenvalue weighted by atomic mass is 10.4. The van der Waals surface area contributed by atoms with Gasteiger partial charge < -0.3 is 4.90 Å². The van der Waals surface area contributed by atoms with E-state index in [-0.39, 0.29) is 0 Å². The first-order valence-corrected chi connectivity index (χ1v) is 5.87. The van der Waals surface area contributed by atoms with Crippen LogP contribution in [0.2, 0.25) is 0 Å². The highest BCUT2D eigenvalue weighted by Crippen LogP contribution is 2.20. The van der Waals surface area contributed by atoms with Crippen LogP contribution in [0.1, 0.15) is 27.2 Å². The SMILES string of the molecule is CC.CCN1CC(SC)CC1=O. The van der Waals surface area contributed by atoms with Crippen LogP contribution in [0.25, 0.3) is 0 Å². The molecule has 0 aromatic rings. The summed E-state index contributed by atoms with van der Waals surface area (Å²) in [6.07, 6.45) is 2.81. The van der Waals surface area contributed by atoms with Crippen molar-refractivity contribution >= 4 is 17.7 Å². The maximum atomic E-state index is 11.1. The summed E-state index contributed by atoms with van der Waals surface area (Å²) in [5, 5.41) is 0.549. The number of amides is 1. The highest BCUT2D eigenvalue weighted by molar-refractivity contribution is 7.99. The van der Waals surface area contributed by atoms with Crippen LogP contribution in [-0.2, 0) is 4.79 Å². The minimum atomic E-state index is 0.321. The van der Waals surface area contributed by atoms with Crippen LogP contribution in [-0.4, -0.2) is 35.4 Å². The minimum absolute atomic E-state index is 0.321. The number of carbonyl (C=O) groups excluding carboxylic acids is 1. The first-order valence-electron chi connectivity index (χ1n) is 4.58. The van der Waals surface area contributed by atoms with E-state index >= 15 is 0 Å². The molecule has 0 N–H and O–H groups in total. The molecule has 3 heteroatoms. The van der Waals surface area contributed by atoms with Crippen LogP contribution in [0.3, 0.4) is 0 Å². The highest BCUT2D eigenvalue weighted by atomic mass is 32.2. The van der Waals surface area contributed by atoms with Crippen LogP contribution in [0.15, 0.2) is 0 Å². The molecule has 1 rings (SSSR count). The third-order valence-corrected chi connectivity index (χ3v) is 2.88. The Morgan fingerprint density at radius 3 is 2.42 bits per heavy atom. The van der Waals surface area contributed by atoms with Gasteiger partial charge in [0.25, 0.3) is 0 Å². The Labute approximate surface area is 79.7 Å². The summed E-state index contributed by atoms with van der Waals surface area (Å²) >= 11 is 1.79. The van der Waals surface area contributed by atoms with Crippen LogP contribution in [0.5, 0.6) is 0 Å². The highest BCUT2D eigenvalue weighted by Gasteiger charge is 2.27.